The lowest BCUT2D eigenvalue weighted by molar-refractivity contribution is -0.139. The summed E-state index contributed by atoms with van der Waals surface area (Å²) >= 11 is 11.9. The number of hydrogen-bond acceptors (Lipinski definition) is 7. The van der Waals surface area contributed by atoms with Crippen molar-refractivity contribution >= 4 is 52.8 Å². The molecule has 1 aliphatic heterocycles. The number of halogens is 2. The van der Waals surface area contributed by atoms with Gasteiger partial charge in [0.25, 0.3) is 5.91 Å². The fourth-order valence-electron chi connectivity index (χ4n) is 3.16. The topological polar surface area (TPSA) is 127 Å². The molecule has 3 aromatic carbocycles. The fraction of sp³-hybridized carbons (Fsp3) is 0.120. The number of fused-ring (bicyclic) bond motifs is 1. The molecule has 3 N–H and O–H groups in total. The van der Waals surface area contributed by atoms with Crippen molar-refractivity contribution in [2.75, 3.05) is 18.7 Å². The van der Waals surface area contributed by atoms with Crippen LogP contribution in [0.1, 0.15) is 11.1 Å². The zero-order valence-corrected chi connectivity index (χ0v) is 20.6. The summed E-state index contributed by atoms with van der Waals surface area (Å²) in [4.78, 5) is 36.4. The van der Waals surface area contributed by atoms with E-state index in [2.05, 4.69) is 21.2 Å². The van der Waals surface area contributed by atoms with E-state index in [0.29, 0.717) is 38.5 Å². The summed E-state index contributed by atoms with van der Waals surface area (Å²) in [5.41, 5.74) is 3.77. The zero-order chi connectivity index (χ0) is 26.2. The Labute approximate surface area is 221 Å². The number of hydrazone groups is 1. The highest BCUT2D eigenvalue weighted by Gasteiger charge is 2.16. The van der Waals surface area contributed by atoms with Gasteiger partial charge in [0.1, 0.15) is 5.75 Å². The van der Waals surface area contributed by atoms with Gasteiger partial charge in [-0.1, -0.05) is 41.4 Å². The normalized spacial score (nSPS) is 11.7. The highest BCUT2D eigenvalue weighted by atomic mass is 35.5. The van der Waals surface area contributed by atoms with Crippen LogP contribution in [0, 0.1) is 0 Å². The van der Waals surface area contributed by atoms with Crippen LogP contribution in [0.5, 0.6) is 17.2 Å². The van der Waals surface area contributed by atoms with Crippen LogP contribution in [-0.4, -0.2) is 37.3 Å². The Hall–Kier alpha value is -4.28. The third kappa shape index (κ3) is 7.12. The minimum Gasteiger partial charge on any atom is -0.483 e. The Morgan fingerprint density at radius 3 is 2.62 bits per heavy atom. The number of carbonyl (C=O) groups excluding carboxylic acids is 3. The van der Waals surface area contributed by atoms with E-state index >= 15 is 0 Å². The average molecular weight is 543 g/mol. The van der Waals surface area contributed by atoms with Crippen LogP contribution in [0.3, 0.4) is 0 Å². The fourth-order valence-corrected chi connectivity index (χ4v) is 3.62. The molecule has 37 heavy (non-hydrogen) atoms. The summed E-state index contributed by atoms with van der Waals surface area (Å²) in [5.74, 6) is -0.717. The maximum atomic E-state index is 12.3. The van der Waals surface area contributed by atoms with Crippen LogP contribution in [0.2, 0.25) is 10.0 Å². The van der Waals surface area contributed by atoms with Crippen LogP contribution < -0.4 is 30.3 Å². The molecule has 0 saturated heterocycles. The molecular weight excluding hydrogens is 523 g/mol. The van der Waals surface area contributed by atoms with Crippen LogP contribution in [0.4, 0.5) is 5.69 Å². The molecule has 3 amide bonds. The Bertz CT molecular complexity index is 1360. The summed E-state index contributed by atoms with van der Waals surface area (Å²) in [6, 6.07) is 16.6. The van der Waals surface area contributed by atoms with Crippen molar-refractivity contribution in [2.24, 2.45) is 5.10 Å². The van der Waals surface area contributed by atoms with E-state index in [4.69, 9.17) is 37.4 Å². The van der Waals surface area contributed by atoms with E-state index in [1.165, 1.54) is 12.3 Å². The monoisotopic (exact) mass is 542 g/mol. The Kier molecular flexibility index (Phi) is 8.44. The number of para-hydroxylation sites is 1. The second-order valence-corrected chi connectivity index (χ2v) is 8.41. The molecule has 10 nitrogen and oxygen atoms in total. The first-order valence-corrected chi connectivity index (χ1v) is 11.6. The molecule has 0 saturated carbocycles. The number of nitrogens with one attached hydrogen (secondary N) is 3. The molecule has 190 valence electrons. The van der Waals surface area contributed by atoms with E-state index in [1.807, 2.05) is 0 Å². The molecule has 0 bridgehead atoms. The molecule has 0 spiro atoms. The first-order valence-electron chi connectivity index (χ1n) is 10.9. The molecule has 4 rings (SSSR count). The third-order valence-corrected chi connectivity index (χ3v) is 5.50. The SMILES string of the molecule is O=C(COc1ccccc1/C=N\NC(=O)C(=O)NCc1ccc2c(c1)OCO2)Nc1ccc(Cl)cc1Cl. The summed E-state index contributed by atoms with van der Waals surface area (Å²) < 4.78 is 16.1. The predicted octanol–water partition coefficient (Wildman–Crippen LogP) is 3.51. The standard InChI is InChI=1S/C25H20Cl2N4O6/c26-17-6-7-19(18(27)10-17)30-23(32)13-35-20-4-2-1-3-16(20)12-29-31-25(34)24(33)28-11-15-5-8-21-22(9-15)37-14-36-21/h1-10,12H,11,13-14H2,(H,28,33)(H,30,32)(H,31,34)/b29-12-. The lowest BCUT2D eigenvalue weighted by Crippen LogP contribution is -2.37. The van der Waals surface area contributed by atoms with Gasteiger partial charge in [0, 0.05) is 17.1 Å². The first kappa shape index (κ1) is 25.8. The van der Waals surface area contributed by atoms with Crippen molar-refractivity contribution < 1.29 is 28.6 Å². The molecule has 0 atom stereocenters. The van der Waals surface area contributed by atoms with E-state index in [1.54, 1.807) is 54.6 Å². The van der Waals surface area contributed by atoms with Crippen LogP contribution in [0.15, 0.2) is 65.8 Å². The maximum absolute atomic E-state index is 12.3. The highest BCUT2D eigenvalue weighted by molar-refractivity contribution is 6.36. The maximum Gasteiger partial charge on any atom is 0.329 e. The number of hydrogen-bond donors (Lipinski definition) is 3. The molecule has 0 aromatic heterocycles. The van der Waals surface area contributed by atoms with Crippen LogP contribution in [-0.2, 0) is 20.9 Å². The van der Waals surface area contributed by atoms with Crippen molar-refractivity contribution in [3.05, 3.63) is 81.8 Å². The predicted molar refractivity (Wildman–Crippen MR) is 137 cm³/mol. The second kappa shape index (κ2) is 12.1. The summed E-state index contributed by atoms with van der Waals surface area (Å²) in [7, 11) is 0. The minimum atomic E-state index is -0.949. The van der Waals surface area contributed by atoms with E-state index in [9.17, 15) is 14.4 Å². The molecule has 0 aliphatic carbocycles. The second-order valence-electron chi connectivity index (χ2n) is 7.57. The van der Waals surface area contributed by atoms with E-state index in [0.717, 1.165) is 5.56 Å². The number of benzene rings is 3. The van der Waals surface area contributed by atoms with Gasteiger partial charge in [-0.3, -0.25) is 14.4 Å². The largest absolute Gasteiger partial charge is 0.483 e. The number of carbonyl (C=O) groups is 3. The molecule has 1 heterocycles. The number of rotatable bonds is 8. The van der Waals surface area contributed by atoms with Crippen molar-refractivity contribution in [2.45, 2.75) is 6.54 Å². The van der Waals surface area contributed by atoms with Gasteiger partial charge in [-0.05, 0) is 48.0 Å². The molecule has 3 aromatic rings. The summed E-state index contributed by atoms with van der Waals surface area (Å²) in [5, 5.41) is 9.68. The van der Waals surface area contributed by atoms with Gasteiger partial charge in [0.2, 0.25) is 6.79 Å². The van der Waals surface area contributed by atoms with Gasteiger partial charge in [-0.25, -0.2) is 5.43 Å². The van der Waals surface area contributed by atoms with Crippen molar-refractivity contribution in [1.29, 1.82) is 0 Å². The summed E-state index contributed by atoms with van der Waals surface area (Å²) in [6.45, 7) is -0.0454. The highest BCUT2D eigenvalue weighted by Crippen LogP contribution is 2.32. The number of anilines is 1. The van der Waals surface area contributed by atoms with Gasteiger partial charge < -0.3 is 24.8 Å². The first-order chi connectivity index (χ1) is 17.9. The Morgan fingerprint density at radius 2 is 1.78 bits per heavy atom. The lowest BCUT2D eigenvalue weighted by Gasteiger charge is -2.10. The van der Waals surface area contributed by atoms with Gasteiger partial charge in [0.15, 0.2) is 18.1 Å². The molecule has 1 aliphatic rings. The molecule has 12 heteroatoms. The van der Waals surface area contributed by atoms with Gasteiger partial charge in [-0.15, -0.1) is 0 Å². The van der Waals surface area contributed by atoms with E-state index < -0.39 is 17.7 Å². The smallest absolute Gasteiger partial charge is 0.329 e. The van der Waals surface area contributed by atoms with Gasteiger partial charge in [0.05, 0.1) is 16.9 Å². The lowest BCUT2D eigenvalue weighted by atomic mass is 10.2. The Morgan fingerprint density at radius 1 is 0.973 bits per heavy atom. The van der Waals surface area contributed by atoms with Crippen molar-refractivity contribution in [3.8, 4) is 17.2 Å². The third-order valence-electron chi connectivity index (χ3n) is 4.95. The minimum absolute atomic E-state index is 0.118. The number of ether oxygens (including phenoxy) is 3. The number of amides is 3. The molecule has 0 radical (unpaired) electrons. The zero-order valence-electron chi connectivity index (χ0n) is 19.1. The average Bonchev–Trinajstić information content (AvgIpc) is 3.36. The molecular formula is C25H20Cl2N4O6. The van der Waals surface area contributed by atoms with Crippen LogP contribution in [0.25, 0.3) is 0 Å². The molecule has 0 fully saturated rings. The van der Waals surface area contributed by atoms with Gasteiger partial charge in [-0.2, -0.15) is 5.10 Å². The van der Waals surface area contributed by atoms with Crippen molar-refractivity contribution in [3.63, 3.8) is 0 Å². The molecule has 0 unspecified atom stereocenters. The quantitative estimate of drug-likeness (QED) is 0.227. The Balaban J connectivity index is 1.26. The van der Waals surface area contributed by atoms with Crippen LogP contribution >= 0.6 is 23.2 Å². The summed E-state index contributed by atoms with van der Waals surface area (Å²) in [6.07, 6.45) is 1.30. The van der Waals surface area contributed by atoms with Gasteiger partial charge >= 0.3 is 11.8 Å². The van der Waals surface area contributed by atoms with Crippen molar-refractivity contribution in [1.82, 2.24) is 10.7 Å². The number of nitrogens with zero attached hydrogens (tertiary/aromatic N) is 1. The van der Waals surface area contributed by atoms with E-state index in [-0.39, 0.29) is 19.9 Å².